The highest BCUT2D eigenvalue weighted by molar-refractivity contribution is 7.85. The van der Waals surface area contributed by atoms with E-state index in [1.54, 1.807) is 7.11 Å². The summed E-state index contributed by atoms with van der Waals surface area (Å²) in [7, 11) is 2.86. The van der Waals surface area contributed by atoms with E-state index in [9.17, 15) is 4.21 Å². The van der Waals surface area contributed by atoms with E-state index in [1.807, 2.05) is 19.2 Å². The average Bonchev–Trinajstić information content (AvgIpc) is 2.98. The van der Waals surface area contributed by atoms with E-state index in [0.29, 0.717) is 11.0 Å². The van der Waals surface area contributed by atoms with Crippen molar-refractivity contribution < 1.29 is 8.95 Å². The van der Waals surface area contributed by atoms with Crippen LogP contribution < -0.4 is 10.1 Å². The maximum Gasteiger partial charge on any atom is 0.123 e. The Bertz CT molecular complexity index is 470. The first-order valence-electron chi connectivity index (χ1n) is 7.34. The van der Waals surface area contributed by atoms with Crippen molar-refractivity contribution in [2.45, 2.75) is 43.9 Å². The van der Waals surface area contributed by atoms with Crippen molar-refractivity contribution in [3.63, 3.8) is 0 Å². The molecule has 0 aliphatic heterocycles. The molecule has 0 bridgehead atoms. The summed E-state index contributed by atoms with van der Waals surface area (Å²) in [5.41, 5.74) is 2.31. The van der Waals surface area contributed by atoms with E-state index in [2.05, 4.69) is 18.3 Å². The Morgan fingerprint density at radius 2 is 2.10 bits per heavy atom. The summed E-state index contributed by atoms with van der Waals surface area (Å²) in [6, 6.07) is 6.26. The van der Waals surface area contributed by atoms with Gasteiger partial charge in [0.15, 0.2) is 0 Å². The molecule has 2 unspecified atom stereocenters. The summed E-state index contributed by atoms with van der Waals surface area (Å²) in [5.74, 6) is 1.54. The van der Waals surface area contributed by atoms with Gasteiger partial charge in [-0.25, -0.2) is 0 Å². The molecule has 0 radical (unpaired) electrons. The van der Waals surface area contributed by atoms with Gasteiger partial charge in [-0.05, 0) is 32.9 Å². The first-order valence-corrected chi connectivity index (χ1v) is 8.73. The van der Waals surface area contributed by atoms with Gasteiger partial charge in [0.2, 0.25) is 0 Å². The molecular weight excluding hydrogens is 270 g/mol. The van der Waals surface area contributed by atoms with Crippen LogP contribution in [0.3, 0.4) is 0 Å². The number of hydrogen-bond acceptors (Lipinski definition) is 3. The SMILES string of the molecule is CNC(CS(=O)C1CCCC1)c1cc(C)ccc1OC. The van der Waals surface area contributed by atoms with Crippen LogP contribution in [0.25, 0.3) is 0 Å². The molecule has 4 heteroatoms. The molecular formula is C16H25NO2S. The fourth-order valence-electron chi connectivity index (χ4n) is 2.91. The molecule has 1 aromatic carbocycles. The van der Waals surface area contributed by atoms with Gasteiger partial charge in [0, 0.05) is 33.4 Å². The summed E-state index contributed by atoms with van der Waals surface area (Å²) < 4.78 is 18.0. The van der Waals surface area contributed by atoms with Crippen LogP contribution >= 0.6 is 0 Å². The predicted octanol–water partition coefficient (Wildman–Crippen LogP) is 2.96. The van der Waals surface area contributed by atoms with Gasteiger partial charge in [-0.2, -0.15) is 0 Å². The highest BCUT2D eigenvalue weighted by Crippen LogP contribution is 2.29. The molecule has 3 nitrogen and oxygen atoms in total. The zero-order valence-electron chi connectivity index (χ0n) is 12.6. The van der Waals surface area contributed by atoms with Crippen molar-refractivity contribution in [1.29, 1.82) is 0 Å². The third kappa shape index (κ3) is 3.61. The minimum Gasteiger partial charge on any atom is -0.496 e. The van der Waals surface area contributed by atoms with Gasteiger partial charge in [-0.1, -0.05) is 30.5 Å². The Balaban J connectivity index is 2.14. The number of hydrogen-bond donors (Lipinski definition) is 1. The van der Waals surface area contributed by atoms with E-state index in [0.717, 1.165) is 24.2 Å². The number of benzene rings is 1. The lowest BCUT2D eigenvalue weighted by molar-refractivity contribution is 0.404. The molecule has 1 aromatic rings. The Morgan fingerprint density at radius 1 is 1.40 bits per heavy atom. The summed E-state index contributed by atoms with van der Waals surface area (Å²) in [4.78, 5) is 0. The van der Waals surface area contributed by atoms with E-state index in [4.69, 9.17) is 4.74 Å². The van der Waals surface area contributed by atoms with Crippen LogP contribution in [0.15, 0.2) is 18.2 Å². The van der Waals surface area contributed by atoms with Gasteiger partial charge in [0.1, 0.15) is 5.75 Å². The van der Waals surface area contributed by atoms with Crippen molar-refractivity contribution in [1.82, 2.24) is 5.32 Å². The van der Waals surface area contributed by atoms with Crippen molar-refractivity contribution in [3.8, 4) is 5.75 Å². The first-order chi connectivity index (χ1) is 9.65. The molecule has 112 valence electrons. The average molecular weight is 295 g/mol. The van der Waals surface area contributed by atoms with Crippen molar-refractivity contribution in [3.05, 3.63) is 29.3 Å². The molecule has 0 amide bonds. The monoisotopic (exact) mass is 295 g/mol. The van der Waals surface area contributed by atoms with Crippen LogP contribution in [0.5, 0.6) is 5.75 Å². The van der Waals surface area contributed by atoms with Crippen molar-refractivity contribution in [2.75, 3.05) is 19.9 Å². The molecule has 1 aliphatic carbocycles. The largest absolute Gasteiger partial charge is 0.496 e. The summed E-state index contributed by atoms with van der Waals surface area (Å²) in [6.07, 6.45) is 4.70. The highest BCUT2D eigenvalue weighted by Gasteiger charge is 2.25. The van der Waals surface area contributed by atoms with E-state index in [-0.39, 0.29) is 6.04 Å². The van der Waals surface area contributed by atoms with Gasteiger partial charge < -0.3 is 10.1 Å². The Morgan fingerprint density at radius 3 is 2.70 bits per heavy atom. The number of nitrogens with one attached hydrogen (secondary N) is 1. The first kappa shape index (κ1) is 15.5. The lowest BCUT2D eigenvalue weighted by Gasteiger charge is -2.21. The lowest BCUT2D eigenvalue weighted by Crippen LogP contribution is -2.27. The van der Waals surface area contributed by atoms with Crippen LogP contribution in [-0.2, 0) is 10.8 Å². The Hall–Kier alpha value is -0.870. The van der Waals surface area contributed by atoms with Crippen LogP contribution in [0.1, 0.15) is 42.9 Å². The molecule has 20 heavy (non-hydrogen) atoms. The molecule has 1 saturated carbocycles. The normalized spacial score (nSPS) is 18.9. The number of aryl methyl sites for hydroxylation is 1. The predicted molar refractivity (Wildman–Crippen MR) is 84.8 cm³/mol. The van der Waals surface area contributed by atoms with Gasteiger partial charge in [0.05, 0.1) is 7.11 Å². The fourth-order valence-corrected chi connectivity index (χ4v) is 4.71. The van der Waals surface area contributed by atoms with Crippen LogP contribution in [0.4, 0.5) is 0 Å². The smallest absolute Gasteiger partial charge is 0.123 e. The molecule has 0 aromatic heterocycles. The standard InChI is InChI=1S/C16H25NO2S/c1-12-8-9-16(19-3)14(10-12)15(17-2)11-20(18)13-6-4-5-7-13/h8-10,13,15,17H,4-7,11H2,1-3H3. The van der Waals surface area contributed by atoms with Crippen molar-refractivity contribution in [2.24, 2.45) is 0 Å². The Labute approximate surface area is 124 Å². The van der Waals surface area contributed by atoms with Crippen LogP contribution in [0.2, 0.25) is 0 Å². The second-order valence-electron chi connectivity index (χ2n) is 5.54. The maximum atomic E-state index is 12.5. The number of rotatable bonds is 6. The molecule has 2 atom stereocenters. The molecule has 0 saturated heterocycles. The van der Waals surface area contributed by atoms with E-state index < -0.39 is 10.8 Å². The van der Waals surface area contributed by atoms with Gasteiger partial charge in [-0.15, -0.1) is 0 Å². The van der Waals surface area contributed by atoms with Gasteiger partial charge in [-0.3, -0.25) is 4.21 Å². The summed E-state index contributed by atoms with van der Waals surface area (Å²) >= 11 is 0. The second kappa shape index (κ2) is 7.23. The lowest BCUT2D eigenvalue weighted by atomic mass is 10.0. The molecule has 1 N–H and O–H groups in total. The third-order valence-electron chi connectivity index (χ3n) is 4.11. The molecule has 2 rings (SSSR count). The maximum absolute atomic E-state index is 12.5. The highest BCUT2D eigenvalue weighted by atomic mass is 32.2. The van der Waals surface area contributed by atoms with Gasteiger partial charge >= 0.3 is 0 Å². The quantitative estimate of drug-likeness (QED) is 0.877. The second-order valence-corrected chi connectivity index (χ2v) is 7.30. The third-order valence-corrected chi connectivity index (χ3v) is 5.99. The minimum atomic E-state index is -0.761. The van der Waals surface area contributed by atoms with Crippen LogP contribution in [-0.4, -0.2) is 29.4 Å². The zero-order valence-corrected chi connectivity index (χ0v) is 13.5. The van der Waals surface area contributed by atoms with E-state index >= 15 is 0 Å². The fraction of sp³-hybridized carbons (Fsp3) is 0.625. The van der Waals surface area contributed by atoms with E-state index in [1.165, 1.54) is 18.4 Å². The molecule has 1 aliphatic rings. The zero-order chi connectivity index (χ0) is 14.5. The topological polar surface area (TPSA) is 38.3 Å². The molecule has 1 fully saturated rings. The molecule has 0 spiro atoms. The van der Waals surface area contributed by atoms with Crippen LogP contribution in [0, 0.1) is 6.92 Å². The minimum absolute atomic E-state index is 0.0892. The van der Waals surface area contributed by atoms with Gasteiger partial charge in [0.25, 0.3) is 0 Å². The number of ether oxygens (including phenoxy) is 1. The van der Waals surface area contributed by atoms with Crippen molar-refractivity contribution >= 4 is 10.8 Å². The number of methoxy groups -OCH3 is 1. The summed E-state index contributed by atoms with van der Waals surface area (Å²) in [5, 5.41) is 3.69. The Kier molecular flexibility index (Phi) is 5.61. The molecule has 0 heterocycles. The summed E-state index contributed by atoms with van der Waals surface area (Å²) in [6.45, 7) is 2.07.